The number of cyclic esters (lactones) is 1. The van der Waals surface area contributed by atoms with Crippen LogP contribution in [0.4, 0.5) is 0 Å². The van der Waals surface area contributed by atoms with Crippen molar-refractivity contribution >= 4 is 41.4 Å². The average Bonchev–Trinajstić information content (AvgIpc) is 3.24. The van der Waals surface area contributed by atoms with E-state index in [1.54, 1.807) is 50.2 Å². The number of ether oxygens (including phenoxy) is 2. The van der Waals surface area contributed by atoms with Crippen molar-refractivity contribution in [1.29, 1.82) is 0 Å². The molecule has 2 bridgehead atoms. The second-order valence-corrected chi connectivity index (χ2v) is 16.3. The summed E-state index contributed by atoms with van der Waals surface area (Å²) in [4.78, 5) is 102. The molecule has 0 spiro atoms. The third-order valence-electron chi connectivity index (χ3n) is 11.4. The maximum absolute atomic E-state index is 15.1. The predicted molar refractivity (Wildman–Crippen MR) is 223 cm³/mol. The summed E-state index contributed by atoms with van der Waals surface area (Å²) in [6.07, 6.45) is -3.40. The Morgan fingerprint density at radius 2 is 1.44 bits per heavy atom. The number of carbonyl (C=O) groups excluding carboxylic acids is 7. The fraction of sp³-hybridized carbons (Fsp3) is 0.568. The summed E-state index contributed by atoms with van der Waals surface area (Å²) in [5.41, 5.74) is 1.42. The molecule has 2 heterocycles. The Balaban J connectivity index is 1.91. The first-order valence-electron chi connectivity index (χ1n) is 20.9. The molecule has 0 saturated carbocycles. The summed E-state index contributed by atoms with van der Waals surface area (Å²) in [6, 6.07) is 10.2. The maximum atomic E-state index is 15.1. The van der Waals surface area contributed by atoms with Crippen molar-refractivity contribution in [3.63, 3.8) is 0 Å². The SMILES string of the molecule is CC[C@H](C)[C@@H]1NC(=O)[C@H](Cc2ccccc2)N(C)C(=O)C(Cc2ccccc2)N2C(=O)[C@H](CC[C@H]2OC)NC(=O)C(CC(C)C)NC(=O)C(NC(=O)[C@H](O)CO)[C@@H](C)OC1=O. The minimum Gasteiger partial charge on any atom is -0.458 e. The molecule has 3 unspecified atom stereocenters. The van der Waals surface area contributed by atoms with Gasteiger partial charge in [0.05, 0.1) is 6.61 Å². The fourth-order valence-electron chi connectivity index (χ4n) is 7.60. The number of esters is 1. The average molecular weight is 851 g/mol. The lowest BCUT2D eigenvalue weighted by Gasteiger charge is -2.44. The molecule has 10 atom stereocenters. The second-order valence-electron chi connectivity index (χ2n) is 16.3. The monoisotopic (exact) mass is 850 g/mol. The van der Waals surface area contributed by atoms with Crippen LogP contribution in [-0.4, -0.2) is 137 Å². The first-order chi connectivity index (χ1) is 29.0. The van der Waals surface area contributed by atoms with Crippen LogP contribution in [-0.2, 0) is 55.9 Å². The van der Waals surface area contributed by atoms with E-state index in [0.717, 1.165) is 0 Å². The van der Waals surface area contributed by atoms with Gasteiger partial charge in [0.1, 0.15) is 48.6 Å². The number of hydrogen-bond acceptors (Lipinski definition) is 11. The van der Waals surface area contributed by atoms with E-state index in [0.29, 0.717) is 17.5 Å². The van der Waals surface area contributed by atoms with E-state index < -0.39 is 109 Å². The Morgan fingerprint density at radius 3 is 1.98 bits per heavy atom. The van der Waals surface area contributed by atoms with Crippen LogP contribution in [0, 0.1) is 11.8 Å². The van der Waals surface area contributed by atoms with Crippen molar-refractivity contribution in [3.8, 4) is 0 Å². The van der Waals surface area contributed by atoms with Gasteiger partial charge in [-0.25, -0.2) is 4.79 Å². The molecule has 2 aromatic carbocycles. The zero-order valence-electron chi connectivity index (χ0n) is 36.0. The Morgan fingerprint density at radius 1 is 0.852 bits per heavy atom. The van der Waals surface area contributed by atoms with Crippen molar-refractivity contribution in [2.75, 3.05) is 20.8 Å². The van der Waals surface area contributed by atoms with Gasteiger partial charge in [0.25, 0.3) is 5.91 Å². The lowest BCUT2D eigenvalue weighted by Crippen LogP contribution is -2.65. The number of rotatable bonds is 12. The fourth-order valence-corrected chi connectivity index (χ4v) is 7.60. The van der Waals surface area contributed by atoms with Crippen LogP contribution in [0.1, 0.15) is 71.4 Å². The highest BCUT2D eigenvalue weighted by Gasteiger charge is 2.46. The summed E-state index contributed by atoms with van der Waals surface area (Å²) in [7, 11) is 2.88. The quantitative estimate of drug-likeness (QED) is 0.162. The molecule has 2 aromatic rings. The molecule has 4 rings (SSSR count). The minimum absolute atomic E-state index is 0.0185. The number of carbonyl (C=O) groups is 7. The molecule has 2 aliphatic rings. The zero-order valence-corrected chi connectivity index (χ0v) is 36.0. The molecular weight excluding hydrogens is 789 g/mol. The topological polar surface area (TPSA) is 233 Å². The van der Waals surface area contributed by atoms with Crippen LogP contribution < -0.4 is 21.3 Å². The molecule has 61 heavy (non-hydrogen) atoms. The number of fused-ring (bicyclic) bond motifs is 2. The van der Waals surface area contributed by atoms with Gasteiger partial charge >= 0.3 is 5.97 Å². The van der Waals surface area contributed by atoms with Gasteiger partial charge in [-0.3, -0.25) is 28.8 Å². The number of methoxy groups -OCH3 is 1. The van der Waals surface area contributed by atoms with Crippen molar-refractivity contribution in [2.24, 2.45) is 11.8 Å². The van der Waals surface area contributed by atoms with Crippen molar-refractivity contribution in [1.82, 2.24) is 31.1 Å². The van der Waals surface area contributed by atoms with Gasteiger partial charge < -0.3 is 50.8 Å². The minimum atomic E-state index is -1.93. The van der Waals surface area contributed by atoms with Gasteiger partial charge in [-0.05, 0) is 49.1 Å². The number of amides is 6. The number of aliphatic hydroxyl groups is 2. The lowest BCUT2D eigenvalue weighted by molar-refractivity contribution is -0.168. The first kappa shape index (κ1) is 48.3. The molecule has 2 saturated heterocycles. The van der Waals surface area contributed by atoms with Crippen LogP contribution in [0.15, 0.2) is 60.7 Å². The van der Waals surface area contributed by atoms with Crippen molar-refractivity contribution in [2.45, 2.75) is 128 Å². The van der Waals surface area contributed by atoms with Crippen LogP contribution in [0.25, 0.3) is 0 Å². The van der Waals surface area contributed by atoms with E-state index in [2.05, 4.69) is 21.3 Å². The van der Waals surface area contributed by atoms with Gasteiger partial charge in [-0.1, -0.05) is 94.8 Å². The Bertz CT molecular complexity index is 1830. The predicted octanol–water partition coefficient (Wildman–Crippen LogP) is 0.592. The molecule has 0 aliphatic carbocycles. The number of benzene rings is 2. The zero-order chi connectivity index (χ0) is 45.0. The van der Waals surface area contributed by atoms with E-state index in [1.165, 1.54) is 30.9 Å². The lowest BCUT2D eigenvalue weighted by atomic mass is 9.94. The number of aliphatic hydroxyl groups excluding tert-OH is 2. The Hall–Kier alpha value is -5.39. The molecule has 0 aromatic heterocycles. The molecule has 6 amide bonds. The van der Waals surface area contributed by atoms with Crippen LogP contribution >= 0.6 is 0 Å². The maximum Gasteiger partial charge on any atom is 0.329 e. The Labute approximate surface area is 357 Å². The van der Waals surface area contributed by atoms with Gasteiger partial charge in [-0.15, -0.1) is 0 Å². The van der Waals surface area contributed by atoms with Crippen molar-refractivity contribution in [3.05, 3.63) is 71.8 Å². The van der Waals surface area contributed by atoms with Crippen LogP contribution in [0.2, 0.25) is 0 Å². The molecule has 6 N–H and O–H groups in total. The largest absolute Gasteiger partial charge is 0.458 e. The molecule has 17 heteroatoms. The third kappa shape index (κ3) is 12.6. The van der Waals surface area contributed by atoms with E-state index in [1.807, 2.05) is 38.1 Å². The normalized spacial score (nSPS) is 27.1. The van der Waals surface area contributed by atoms with E-state index >= 15 is 4.79 Å². The summed E-state index contributed by atoms with van der Waals surface area (Å²) < 4.78 is 11.6. The number of hydrogen-bond donors (Lipinski definition) is 6. The Kier molecular flexibility index (Phi) is 17.8. The highest BCUT2D eigenvalue weighted by Crippen LogP contribution is 2.27. The molecule has 2 fully saturated rings. The number of nitrogens with zero attached hydrogens (tertiary/aromatic N) is 2. The molecular formula is C44H62N6O11. The van der Waals surface area contributed by atoms with Gasteiger partial charge in [0.15, 0.2) is 6.10 Å². The highest BCUT2D eigenvalue weighted by atomic mass is 16.5. The highest BCUT2D eigenvalue weighted by molar-refractivity contribution is 5.98. The van der Waals surface area contributed by atoms with E-state index in [-0.39, 0.29) is 38.0 Å². The number of piperidine rings is 1. The summed E-state index contributed by atoms with van der Waals surface area (Å²) in [6.45, 7) is 7.49. The number of likely N-dealkylation sites (N-methyl/N-ethyl adjacent to an activating group) is 1. The van der Waals surface area contributed by atoms with Gasteiger partial charge in [0.2, 0.25) is 29.5 Å². The van der Waals surface area contributed by atoms with E-state index in [4.69, 9.17) is 9.47 Å². The van der Waals surface area contributed by atoms with Crippen LogP contribution in [0.3, 0.4) is 0 Å². The van der Waals surface area contributed by atoms with E-state index in [9.17, 15) is 39.0 Å². The molecule has 2 aliphatic heterocycles. The van der Waals surface area contributed by atoms with Crippen LogP contribution in [0.5, 0.6) is 0 Å². The number of nitrogens with one attached hydrogen (secondary N) is 4. The third-order valence-corrected chi connectivity index (χ3v) is 11.4. The first-order valence-corrected chi connectivity index (χ1v) is 20.9. The standard InChI is InChI=1S/C44H62N6O11/c1-8-26(4)36-44(59)61-27(5)37(48-40(55)34(52)24-51)41(56)46-31(21-25(2)3)38(53)45-30-19-20-35(60-7)50(42(30)57)33(23-29-17-13-10-14-18-29)43(58)49(6)32(39(54)47-36)22-28-15-11-9-12-16-28/h9-18,25-27,30-37,51-52H,8,19-24H2,1-7H3,(H,45,53)(H,46,56)(H,47,54)(H,48,55)/t26-,27+,30-,31?,32-,33?,34+,35+,36-,37?/m0/s1. The van der Waals surface area contributed by atoms with Gasteiger partial charge in [-0.2, -0.15) is 0 Å². The smallest absolute Gasteiger partial charge is 0.329 e. The summed E-state index contributed by atoms with van der Waals surface area (Å²) >= 11 is 0. The molecule has 17 nitrogen and oxygen atoms in total. The van der Waals surface area contributed by atoms with Gasteiger partial charge in [0, 0.05) is 27.0 Å². The molecule has 334 valence electrons. The second kappa shape index (κ2) is 22.5. The summed E-state index contributed by atoms with van der Waals surface area (Å²) in [5, 5.41) is 30.1. The summed E-state index contributed by atoms with van der Waals surface area (Å²) in [5.74, 6) is -6.40. The molecule has 0 radical (unpaired) electrons. The van der Waals surface area contributed by atoms with Crippen molar-refractivity contribution < 1.29 is 53.2 Å².